The molecular weight excluding hydrogens is 356 g/mol. The third-order valence-electron chi connectivity index (χ3n) is 6.96. The van der Waals surface area contributed by atoms with E-state index >= 15 is 0 Å². The molecule has 0 saturated carbocycles. The lowest BCUT2D eigenvalue weighted by Crippen LogP contribution is -2.53. The zero-order valence-electron chi connectivity index (χ0n) is 16.4. The van der Waals surface area contributed by atoms with Gasteiger partial charge in [0.25, 0.3) is 5.91 Å². The van der Waals surface area contributed by atoms with E-state index in [2.05, 4.69) is 29.7 Å². The van der Waals surface area contributed by atoms with E-state index in [1.54, 1.807) is 0 Å². The zero-order valence-corrected chi connectivity index (χ0v) is 17.3. The van der Waals surface area contributed by atoms with Crippen LogP contribution in [0.4, 0.5) is 0 Å². The standard InChI is InChI=1S/C22H30N2O2S/c1-3-16-7-5-6-8-18(16)20(25)24-17-9-10-19(24)22(4-2,15-17)21(26)23-11-13-27-14-12-23/h5-8,17,19H,3-4,9-15H2,1-2H3/t17-,19+,22+/m0/s1. The predicted octanol–water partition coefficient (Wildman–Crippen LogP) is 3.60. The van der Waals surface area contributed by atoms with E-state index < -0.39 is 0 Å². The van der Waals surface area contributed by atoms with Gasteiger partial charge < -0.3 is 9.80 Å². The molecular formula is C22H30N2O2S. The molecule has 1 aromatic carbocycles. The molecule has 3 fully saturated rings. The molecule has 3 saturated heterocycles. The van der Waals surface area contributed by atoms with Gasteiger partial charge in [-0.3, -0.25) is 9.59 Å². The van der Waals surface area contributed by atoms with E-state index in [0.717, 1.165) is 67.8 Å². The van der Waals surface area contributed by atoms with Crippen LogP contribution in [-0.4, -0.2) is 58.3 Å². The average molecular weight is 387 g/mol. The van der Waals surface area contributed by atoms with Crippen molar-refractivity contribution < 1.29 is 9.59 Å². The summed E-state index contributed by atoms with van der Waals surface area (Å²) < 4.78 is 0. The fourth-order valence-corrected chi connectivity index (χ4v) is 6.41. The fourth-order valence-electron chi connectivity index (χ4n) is 5.51. The zero-order chi connectivity index (χ0) is 19.0. The smallest absolute Gasteiger partial charge is 0.254 e. The van der Waals surface area contributed by atoms with Crippen molar-refractivity contribution in [3.63, 3.8) is 0 Å². The minimum Gasteiger partial charge on any atom is -0.340 e. The van der Waals surface area contributed by atoms with Gasteiger partial charge in [0.1, 0.15) is 0 Å². The Balaban J connectivity index is 1.63. The van der Waals surface area contributed by atoms with Gasteiger partial charge >= 0.3 is 0 Å². The van der Waals surface area contributed by atoms with Crippen molar-refractivity contribution in [3.8, 4) is 0 Å². The maximum atomic E-state index is 13.5. The molecule has 0 unspecified atom stereocenters. The lowest BCUT2D eigenvalue weighted by molar-refractivity contribution is -0.143. The molecule has 3 aliphatic heterocycles. The number of hydrogen-bond donors (Lipinski definition) is 0. The lowest BCUT2D eigenvalue weighted by Gasteiger charge is -2.40. The van der Waals surface area contributed by atoms with Crippen LogP contribution in [0, 0.1) is 5.41 Å². The minimum absolute atomic E-state index is 0.0620. The van der Waals surface area contributed by atoms with Crippen LogP contribution in [0.5, 0.6) is 0 Å². The van der Waals surface area contributed by atoms with Gasteiger partial charge in [-0.15, -0.1) is 0 Å². The number of carbonyl (C=O) groups excluding carboxylic acids is 2. The Kier molecular flexibility index (Phi) is 5.23. The fraction of sp³-hybridized carbons (Fsp3) is 0.636. The van der Waals surface area contributed by atoms with Crippen molar-refractivity contribution in [2.24, 2.45) is 5.41 Å². The second-order valence-electron chi connectivity index (χ2n) is 8.09. The Hall–Kier alpha value is -1.49. The largest absolute Gasteiger partial charge is 0.340 e. The molecule has 5 heteroatoms. The van der Waals surface area contributed by atoms with Crippen molar-refractivity contribution in [2.45, 2.75) is 58.0 Å². The average Bonchev–Trinajstić information content (AvgIpc) is 3.29. The lowest BCUT2D eigenvalue weighted by atomic mass is 9.70. The van der Waals surface area contributed by atoms with Crippen molar-refractivity contribution in [3.05, 3.63) is 35.4 Å². The molecule has 3 aliphatic rings. The topological polar surface area (TPSA) is 40.6 Å². The molecule has 0 radical (unpaired) electrons. The summed E-state index contributed by atoms with van der Waals surface area (Å²) in [6, 6.07) is 8.24. The first-order valence-corrected chi connectivity index (χ1v) is 11.6. The predicted molar refractivity (Wildman–Crippen MR) is 110 cm³/mol. The number of rotatable bonds is 4. The quantitative estimate of drug-likeness (QED) is 0.794. The summed E-state index contributed by atoms with van der Waals surface area (Å²) in [6.07, 6.45) is 4.53. The number of amides is 2. The van der Waals surface area contributed by atoms with Crippen molar-refractivity contribution in [2.75, 3.05) is 24.6 Å². The van der Waals surface area contributed by atoms with Gasteiger partial charge in [-0.25, -0.2) is 0 Å². The molecule has 3 atom stereocenters. The maximum absolute atomic E-state index is 13.5. The van der Waals surface area contributed by atoms with Crippen LogP contribution in [0.3, 0.4) is 0 Å². The molecule has 0 spiro atoms. The molecule has 0 aromatic heterocycles. The highest BCUT2D eigenvalue weighted by Crippen LogP contribution is 2.53. The molecule has 3 heterocycles. The van der Waals surface area contributed by atoms with Crippen LogP contribution in [-0.2, 0) is 11.2 Å². The van der Waals surface area contributed by atoms with Gasteiger partial charge in [-0.05, 0) is 43.7 Å². The Morgan fingerprint density at radius 3 is 2.59 bits per heavy atom. The van der Waals surface area contributed by atoms with Crippen molar-refractivity contribution in [1.29, 1.82) is 0 Å². The number of nitrogens with zero attached hydrogens (tertiary/aromatic N) is 2. The second kappa shape index (κ2) is 7.50. The number of aryl methyl sites for hydroxylation is 1. The van der Waals surface area contributed by atoms with E-state index in [0.29, 0.717) is 5.91 Å². The summed E-state index contributed by atoms with van der Waals surface area (Å²) in [6.45, 7) is 5.95. The van der Waals surface area contributed by atoms with Crippen molar-refractivity contribution >= 4 is 23.6 Å². The van der Waals surface area contributed by atoms with E-state index in [9.17, 15) is 9.59 Å². The second-order valence-corrected chi connectivity index (χ2v) is 9.31. The van der Waals surface area contributed by atoms with Crippen molar-refractivity contribution in [1.82, 2.24) is 9.80 Å². The van der Waals surface area contributed by atoms with Crippen LogP contribution >= 0.6 is 11.8 Å². The first kappa shape index (κ1) is 18.9. The molecule has 0 aliphatic carbocycles. The number of fused-ring (bicyclic) bond motifs is 2. The van der Waals surface area contributed by atoms with E-state index in [1.807, 2.05) is 30.0 Å². The molecule has 27 heavy (non-hydrogen) atoms. The monoisotopic (exact) mass is 386 g/mol. The van der Waals surface area contributed by atoms with Crippen LogP contribution < -0.4 is 0 Å². The molecule has 2 amide bonds. The third-order valence-corrected chi connectivity index (χ3v) is 7.90. The highest BCUT2D eigenvalue weighted by atomic mass is 32.2. The van der Waals surface area contributed by atoms with Crippen LogP contribution in [0.25, 0.3) is 0 Å². The molecule has 146 valence electrons. The highest BCUT2D eigenvalue weighted by Gasteiger charge is 2.61. The van der Waals surface area contributed by atoms with Gasteiger partial charge in [0.15, 0.2) is 0 Å². The highest BCUT2D eigenvalue weighted by molar-refractivity contribution is 7.99. The SMILES string of the molecule is CCc1ccccc1C(=O)N1[C@H]2CC[C@@H]1[C@](CC)(C(=O)N1CCSCC1)C2. The minimum atomic E-state index is -0.373. The summed E-state index contributed by atoms with van der Waals surface area (Å²) in [5.74, 6) is 2.51. The number of carbonyl (C=O) groups is 2. The summed E-state index contributed by atoms with van der Waals surface area (Å²) in [7, 11) is 0. The molecule has 2 bridgehead atoms. The Bertz CT molecular complexity index is 731. The first-order chi connectivity index (χ1) is 13.1. The molecule has 4 nitrogen and oxygen atoms in total. The van der Waals surface area contributed by atoms with E-state index in [1.165, 1.54) is 0 Å². The maximum Gasteiger partial charge on any atom is 0.254 e. The van der Waals surface area contributed by atoms with Gasteiger partial charge in [0.05, 0.1) is 5.41 Å². The number of thioether (sulfide) groups is 1. The van der Waals surface area contributed by atoms with Gasteiger partial charge in [0, 0.05) is 42.2 Å². The van der Waals surface area contributed by atoms with Crippen LogP contribution in [0.1, 0.15) is 55.5 Å². The van der Waals surface area contributed by atoms with E-state index in [4.69, 9.17) is 0 Å². The summed E-state index contributed by atoms with van der Waals surface area (Å²) >= 11 is 1.93. The number of benzene rings is 1. The van der Waals surface area contributed by atoms with Crippen LogP contribution in [0.2, 0.25) is 0 Å². The van der Waals surface area contributed by atoms with Gasteiger partial charge in [-0.2, -0.15) is 11.8 Å². The molecule has 1 aromatic rings. The Labute approximate surface area is 166 Å². The summed E-state index contributed by atoms with van der Waals surface area (Å²) in [5.41, 5.74) is 1.56. The third kappa shape index (κ3) is 2.98. The molecule has 0 N–H and O–H groups in total. The summed E-state index contributed by atoms with van der Waals surface area (Å²) in [4.78, 5) is 31.2. The summed E-state index contributed by atoms with van der Waals surface area (Å²) in [5, 5.41) is 0. The normalized spacial score (nSPS) is 30.0. The number of hydrogen-bond acceptors (Lipinski definition) is 3. The Morgan fingerprint density at radius 1 is 1.15 bits per heavy atom. The van der Waals surface area contributed by atoms with E-state index in [-0.39, 0.29) is 23.4 Å². The van der Waals surface area contributed by atoms with Crippen LogP contribution in [0.15, 0.2) is 24.3 Å². The Morgan fingerprint density at radius 2 is 1.89 bits per heavy atom. The molecule has 4 rings (SSSR count). The first-order valence-electron chi connectivity index (χ1n) is 10.4. The van der Waals surface area contributed by atoms with Gasteiger partial charge in [0.2, 0.25) is 5.91 Å². The van der Waals surface area contributed by atoms with Gasteiger partial charge in [-0.1, -0.05) is 32.0 Å².